The highest BCUT2D eigenvalue weighted by Gasteiger charge is 2.33. The van der Waals surface area contributed by atoms with Crippen molar-refractivity contribution in [2.24, 2.45) is 11.3 Å². The molecule has 5 nitrogen and oxygen atoms in total. The van der Waals surface area contributed by atoms with Crippen LogP contribution in [0.5, 0.6) is 0 Å². The summed E-state index contributed by atoms with van der Waals surface area (Å²) in [5.41, 5.74) is 0.319. The topological polar surface area (TPSA) is 78.4 Å². The largest absolute Gasteiger partial charge is 0.481 e. The molecule has 0 saturated heterocycles. The van der Waals surface area contributed by atoms with E-state index in [9.17, 15) is 9.59 Å². The Bertz CT molecular complexity index is 368. The molecule has 0 aliphatic heterocycles. The Morgan fingerprint density at radius 1 is 1.11 bits per heavy atom. The van der Waals surface area contributed by atoms with Crippen molar-refractivity contribution in [3.05, 3.63) is 0 Å². The number of carbonyl (C=O) groups excluding carboxylic acids is 1. The smallest absolute Gasteiger partial charge is 0.315 e. The lowest BCUT2D eigenvalue weighted by atomic mass is 9.92. The lowest BCUT2D eigenvalue weighted by Crippen LogP contribution is -2.45. The standard InChI is InChI=1S/C14H24N2O3/c1-14(2)6-5-11(8-14)16-13(19)15-10-4-3-9(7-10)12(17)18/h9-11H,3-8H2,1-2H3,(H,17,18)(H2,15,16,19). The fraction of sp³-hybridized carbons (Fsp3) is 0.857. The van der Waals surface area contributed by atoms with Crippen LogP contribution in [0.15, 0.2) is 0 Å². The third kappa shape index (κ3) is 3.85. The van der Waals surface area contributed by atoms with Crippen molar-refractivity contribution in [1.29, 1.82) is 0 Å². The first-order valence-corrected chi connectivity index (χ1v) is 7.15. The van der Waals surface area contributed by atoms with E-state index in [4.69, 9.17) is 5.11 Å². The van der Waals surface area contributed by atoms with Gasteiger partial charge in [-0.05, 0) is 43.9 Å². The summed E-state index contributed by atoms with van der Waals surface area (Å²) in [4.78, 5) is 22.7. The van der Waals surface area contributed by atoms with E-state index in [1.807, 2.05) is 0 Å². The number of urea groups is 1. The van der Waals surface area contributed by atoms with Crippen LogP contribution >= 0.6 is 0 Å². The molecule has 3 atom stereocenters. The van der Waals surface area contributed by atoms with Crippen molar-refractivity contribution in [1.82, 2.24) is 10.6 Å². The van der Waals surface area contributed by atoms with Gasteiger partial charge in [-0.15, -0.1) is 0 Å². The second-order valence-electron chi connectivity index (χ2n) is 6.77. The minimum absolute atomic E-state index is 0.00973. The molecule has 0 aromatic rings. The zero-order valence-corrected chi connectivity index (χ0v) is 11.7. The Kier molecular flexibility index (Phi) is 4.02. The number of hydrogen-bond donors (Lipinski definition) is 3. The molecule has 2 aliphatic carbocycles. The quantitative estimate of drug-likeness (QED) is 0.733. The highest BCUT2D eigenvalue weighted by Crippen LogP contribution is 2.36. The van der Waals surface area contributed by atoms with Gasteiger partial charge in [0.25, 0.3) is 0 Å². The maximum Gasteiger partial charge on any atom is 0.315 e. The Morgan fingerprint density at radius 2 is 1.79 bits per heavy atom. The third-order valence-electron chi connectivity index (χ3n) is 4.42. The Morgan fingerprint density at radius 3 is 2.32 bits per heavy atom. The summed E-state index contributed by atoms with van der Waals surface area (Å²) in [6.45, 7) is 4.45. The zero-order valence-electron chi connectivity index (χ0n) is 11.7. The molecule has 3 unspecified atom stereocenters. The number of carboxylic acids is 1. The maximum atomic E-state index is 11.9. The molecule has 0 radical (unpaired) electrons. The van der Waals surface area contributed by atoms with Crippen molar-refractivity contribution < 1.29 is 14.7 Å². The van der Waals surface area contributed by atoms with E-state index in [0.717, 1.165) is 25.7 Å². The van der Waals surface area contributed by atoms with Crippen molar-refractivity contribution in [2.45, 2.75) is 64.5 Å². The molecule has 0 aromatic heterocycles. The highest BCUT2D eigenvalue weighted by atomic mass is 16.4. The monoisotopic (exact) mass is 268 g/mol. The van der Waals surface area contributed by atoms with Gasteiger partial charge in [0, 0.05) is 12.1 Å². The summed E-state index contributed by atoms with van der Waals surface area (Å²) in [5.74, 6) is -1.04. The van der Waals surface area contributed by atoms with Crippen LogP contribution in [0.25, 0.3) is 0 Å². The molecule has 19 heavy (non-hydrogen) atoms. The van der Waals surface area contributed by atoms with Gasteiger partial charge in [0.1, 0.15) is 0 Å². The number of aliphatic carboxylic acids is 1. The summed E-state index contributed by atoms with van der Waals surface area (Å²) < 4.78 is 0. The van der Waals surface area contributed by atoms with E-state index in [1.54, 1.807) is 0 Å². The molecule has 0 aromatic carbocycles. The molecule has 108 valence electrons. The van der Waals surface area contributed by atoms with E-state index < -0.39 is 5.97 Å². The van der Waals surface area contributed by atoms with E-state index in [-0.39, 0.29) is 24.0 Å². The molecule has 0 bridgehead atoms. The molecular weight excluding hydrogens is 244 g/mol. The Labute approximate surface area is 114 Å². The van der Waals surface area contributed by atoms with Crippen molar-refractivity contribution >= 4 is 12.0 Å². The predicted octanol–water partition coefficient (Wildman–Crippen LogP) is 2.12. The molecule has 2 rings (SSSR count). The molecule has 0 spiro atoms. The van der Waals surface area contributed by atoms with Crippen LogP contribution in [0, 0.1) is 11.3 Å². The van der Waals surface area contributed by atoms with Crippen LogP contribution in [0.2, 0.25) is 0 Å². The van der Waals surface area contributed by atoms with Crippen molar-refractivity contribution in [2.75, 3.05) is 0 Å². The molecule has 2 aliphatic rings. The number of carboxylic acid groups (broad SMARTS) is 1. The Balaban J connectivity index is 1.72. The minimum atomic E-state index is -0.748. The number of amides is 2. The van der Waals surface area contributed by atoms with E-state index in [0.29, 0.717) is 18.3 Å². The van der Waals surface area contributed by atoms with Gasteiger partial charge in [-0.3, -0.25) is 4.79 Å². The number of nitrogens with one attached hydrogen (secondary N) is 2. The maximum absolute atomic E-state index is 11.9. The SMILES string of the molecule is CC1(C)CCC(NC(=O)NC2CCC(C(=O)O)C2)C1. The van der Waals surface area contributed by atoms with Crippen LogP contribution in [0.1, 0.15) is 52.4 Å². The predicted molar refractivity (Wildman–Crippen MR) is 71.9 cm³/mol. The second-order valence-corrected chi connectivity index (χ2v) is 6.77. The summed E-state index contributed by atoms with van der Waals surface area (Å²) in [5, 5.41) is 14.8. The molecule has 2 amide bonds. The van der Waals surface area contributed by atoms with Gasteiger partial charge in [0.05, 0.1) is 5.92 Å². The first-order valence-electron chi connectivity index (χ1n) is 7.15. The lowest BCUT2D eigenvalue weighted by molar-refractivity contribution is -0.141. The van der Waals surface area contributed by atoms with Gasteiger partial charge in [0.2, 0.25) is 0 Å². The molecule has 2 fully saturated rings. The first-order chi connectivity index (χ1) is 8.85. The number of rotatable bonds is 3. The second kappa shape index (κ2) is 5.39. The summed E-state index contributed by atoms with van der Waals surface area (Å²) in [6, 6.07) is 0.126. The van der Waals surface area contributed by atoms with E-state index in [1.165, 1.54) is 0 Å². The van der Waals surface area contributed by atoms with Crippen LogP contribution < -0.4 is 10.6 Å². The highest BCUT2D eigenvalue weighted by molar-refractivity contribution is 5.75. The molecule has 5 heteroatoms. The molecule has 0 heterocycles. The number of carbonyl (C=O) groups is 2. The van der Waals surface area contributed by atoms with Gasteiger partial charge < -0.3 is 15.7 Å². The van der Waals surface area contributed by atoms with Gasteiger partial charge in [-0.25, -0.2) is 4.79 Å². The van der Waals surface area contributed by atoms with Gasteiger partial charge in [0.15, 0.2) is 0 Å². The fourth-order valence-corrected chi connectivity index (χ4v) is 3.31. The average molecular weight is 268 g/mol. The zero-order chi connectivity index (χ0) is 14.0. The third-order valence-corrected chi connectivity index (χ3v) is 4.42. The Hall–Kier alpha value is -1.26. The molecular formula is C14H24N2O3. The first kappa shape index (κ1) is 14.2. The lowest BCUT2D eigenvalue weighted by Gasteiger charge is -2.19. The van der Waals surface area contributed by atoms with Crippen LogP contribution in [-0.4, -0.2) is 29.2 Å². The fourth-order valence-electron chi connectivity index (χ4n) is 3.31. The summed E-state index contributed by atoms with van der Waals surface area (Å²) in [6.07, 6.45) is 5.17. The van der Waals surface area contributed by atoms with Crippen molar-refractivity contribution in [3.63, 3.8) is 0 Å². The summed E-state index contributed by atoms with van der Waals surface area (Å²) in [7, 11) is 0. The van der Waals surface area contributed by atoms with Gasteiger partial charge >= 0.3 is 12.0 Å². The minimum Gasteiger partial charge on any atom is -0.481 e. The summed E-state index contributed by atoms with van der Waals surface area (Å²) >= 11 is 0. The normalized spacial score (nSPS) is 33.1. The van der Waals surface area contributed by atoms with Gasteiger partial charge in [-0.2, -0.15) is 0 Å². The van der Waals surface area contributed by atoms with Crippen LogP contribution in [0.3, 0.4) is 0 Å². The van der Waals surface area contributed by atoms with Gasteiger partial charge in [-0.1, -0.05) is 13.8 Å². The average Bonchev–Trinajstić information content (AvgIpc) is 2.85. The molecule has 2 saturated carbocycles. The van der Waals surface area contributed by atoms with Crippen molar-refractivity contribution in [3.8, 4) is 0 Å². The number of hydrogen-bond acceptors (Lipinski definition) is 2. The van der Waals surface area contributed by atoms with Crippen LogP contribution in [-0.2, 0) is 4.79 Å². The van der Waals surface area contributed by atoms with E-state index >= 15 is 0 Å². The molecule has 3 N–H and O–H groups in total. The van der Waals surface area contributed by atoms with E-state index in [2.05, 4.69) is 24.5 Å². The van der Waals surface area contributed by atoms with Crippen LogP contribution in [0.4, 0.5) is 4.79 Å².